The Morgan fingerprint density at radius 1 is 1.27 bits per heavy atom. The Morgan fingerprint density at radius 3 is 2.33 bits per heavy atom. The van der Waals surface area contributed by atoms with E-state index in [1.165, 1.54) is 12.2 Å². The van der Waals surface area contributed by atoms with E-state index in [1.807, 2.05) is 0 Å². The van der Waals surface area contributed by atoms with E-state index < -0.39 is 11.4 Å². The van der Waals surface area contributed by atoms with Crippen LogP contribution in [0.4, 0.5) is 0 Å². The minimum atomic E-state index is -0.713. The van der Waals surface area contributed by atoms with Gasteiger partial charge in [0.25, 0.3) is 0 Å². The number of hydrogen-bond acceptors (Lipinski definition) is 4. The van der Waals surface area contributed by atoms with Gasteiger partial charge in [-0.1, -0.05) is 26.8 Å². The number of allylic oxidation sites excluding steroid dienone is 1. The van der Waals surface area contributed by atoms with Crippen molar-refractivity contribution in [2.24, 2.45) is 5.41 Å². The predicted octanol–water partition coefficient (Wildman–Crippen LogP) is 1.82. The summed E-state index contributed by atoms with van der Waals surface area (Å²) in [4.78, 5) is 31.0. The summed E-state index contributed by atoms with van der Waals surface area (Å²) in [6, 6.07) is 0. The van der Waals surface area contributed by atoms with Crippen molar-refractivity contribution in [1.29, 1.82) is 0 Å². The third kappa shape index (κ3) is 6.62. The van der Waals surface area contributed by atoms with Gasteiger partial charge in [-0.3, -0.25) is 9.68 Å². The van der Waals surface area contributed by atoms with Gasteiger partial charge in [0.05, 0.1) is 0 Å². The third-order valence-electron chi connectivity index (χ3n) is 1.44. The van der Waals surface area contributed by atoms with Gasteiger partial charge in [-0.2, -0.15) is 4.89 Å². The molecular weight excluding hydrogens is 196 g/mol. The summed E-state index contributed by atoms with van der Waals surface area (Å²) in [5, 5.41) is 0. The first-order chi connectivity index (χ1) is 6.88. The van der Waals surface area contributed by atoms with Gasteiger partial charge in [0.1, 0.15) is 6.61 Å². The van der Waals surface area contributed by atoms with Gasteiger partial charge in [0.15, 0.2) is 5.78 Å². The van der Waals surface area contributed by atoms with Crippen molar-refractivity contribution in [3.8, 4) is 0 Å². The summed E-state index contributed by atoms with van der Waals surface area (Å²) >= 11 is 0. The molecule has 0 saturated carbocycles. The quantitative estimate of drug-likeness (QED) is 0.229. The van der Waals surface area contributed by atoms with Crippen LogP contribution in [0.25, 0.3) is 0 Å². The molecule has 0 aliphatic carbocycles. The number of ketones is 1. The maximum absolute atomic E-state index is 11.3. The topological polar surface area (TPSA) is 52.6 Å². The Kier molecular flexibility index (Phi) is 5.56. The summed E-state index contributed by atoms with van der Waals surface area (Å²) in [5.74, 6) is -0.863. The lowest BCUT2D eigenvalue weighted by atomic mass is 9.91. The molecule has 0 aromatic carbocycles. The molecule has 84 valence electrons. The fraction of sp³-hybridized carbons (Fsp3) is 0.455. The smallest absolute Gasteiger partial charge is 0.294 e. The molecule has 0 aliphatic heterocycles. The van der Waals surface area contributed by atoms with Crippen molar-refractivity contribution < 1.29 is 19.4 Å². The van der Waals surface area contributed by atoms with Crippen LogP contribution in [0.5, 0.6) is 0 Å². The number of rotatable bonds is 5. The molecule has 0 atom stereocenters. The van der Waals surface area contributed by atoms with Crippen LogP contribution in [0.2, 0.25) is 0 Å². The van der Waals surface area contributed by atoms with Gasteiger partial charge < -0.3 is 0 Å². The zero-order valence-corrected chi connectivity index (χ0v) is 9.28. The summed E-state index contributed by atoms with van der Waals surface area (Å²) in [7, 11) is 0. The summed E-state index contributed by atoms with van der Waals surface area (Å²) in [6.07, 6.45) is 3.66. The molecule has 0 N–H and O–H groups in total. The molecule has 0 bridgehead atoms. The minimum Gasteiger partial charge on any atom is -0.294 e. The van der Waals surface area contributed by atoms with Crippen LogP contribution in [-0.2, 0) is 19.4 Å². The van der Waals surface area contributed by atoms with Crippen LogP contribution < -0.4 is 0 Å². The highest BCUT2D eigenvalue weighted by atomic mass is 17.2. The lowest BCUT2D eigenvalue weighted by Gasteiger charge is -2.12. The molecular formula is C11H16O4. The van der Waals surface area contributed by atoms with E-state index >= 15 is 0 Å². The predicted molar refractivity (Wildman–Crippen MR) is 55.8 cm³/mol. The molecule has 4 heteroatoms. The van der Waals surface area contributed by atoms with Gasteiger partial charge in [0, 0.05) is 11.5 Å². The van der Waals surface area contributed by atoms with Crippen molar-refractivity contribution in [2.75, 3.05) is 6.61 Å². The first-order valence-electron chi connectivity index (χ1n) is 4.54. The van der Waals surface area contributed by atoms with Crippen molar-refractivity contribution in [3.63, 3.8) is 0 Å². The zero-order chi connectivity index (χ0) is 11.9. The maximum atomic E-state index is 11.3. The zero-order valence-electron chi connectivity index (χ0n) is 9.28. The second-order valence-corrected chi connectivity index (χ2v) is 3.92. The van der Waals surface area contributed by atoms with Gasteiger partial charge in [-0.25, -0.2) is 4.79 Å². The fourth-order valence-electron chi connectivity index (χ4n) is 0.562. The molecule has 0 radical (unpaired) electrons. The van der Waals surface area contributed by atoms with E-state index in [0.717, 1.165) is 6.08 Å². The fourth-order valence-corrected chi connectivity index (χ4v) is 0.562. The maximum Gasteiger partial charge on any atom is 0.366 e. The lowest BCUT2D eigenvalue weighted by Crippen LogP contribution is -2.17. The average molecular weight is 212 g/mol. The molecule has 0 aromatic rings. The Balaban J connectivity index is 4.01. The highest BCUT2D eigenvalue weighted by Crippen LogP contribution is 2.14. The monoisotopic (exact) mass is 212 g/mol. The molecule has 0 aromatic heterocycles. The summed E-state index contributed by atoms with van der Waals surface area (Å²) in [5.41, 5.74) is -0.501. The summed E-state index contributed by atoms with van der Waals surface area (Å²) < 4.78 is 0. The van der Waals surface area contributed by atoms with Gasteiger partial charge in [-0.15, -0.1) is 6.58 Å². The molecule has 0 unspecified atom stereocenters. The Labute approximate surface area is 89.5 Å². The normalized spacial score (nSPS) is 11.4. The van der Waals surface area contributed by atoms with Crippen LogP contribution in [0.1, 0.15) is 20.8 Å². The van der Waals surface area contributed by atoms with Gasteiger partial charge in [0.2, 0.25) is 0 Å². The van der Waals surface area contributed by atoms with Crippen LogP contribution in [0.3, 0.4) is 0 Å². The molecule has 4 nitrogen and oxygen atoms in total. The lowest BCUT2D eigenvalue weighted by molar-refractivity contribution is -0.260. The molecule has 0 rings (SSSR count). The number of carbonyl (C=O) groups excluding carboxylic acids is 2. The Bertz CT molecular complexity index is 271. The Hall–Kier alpha value is -1.42. The van der Waals surface area contributed by atoms with Crippen LogP contribution in [0.15, 0.2) is 24.8 Å². The molecule has 0 spiro atoms. The van der Waals surface area contributed by atoms with Crippen LogP contribution >= 0.6 is 0 Å². The molecule has 0 aliphatic rings. The first kappa shape index (κ1) is 13.6. The number of hydrogen-bond donors (Lipinski definition) is 0. The van der Waals surface area contributed by atoms with Gasteiger partial charge >= 0.3 is 5.97 Å². The van der Waals surface area contributed by atoms with Crippen LogP contribution in [-0.4, -0.2) is 18.4 Å². The third-order valence-corrected chi connectivity index (χ3v) is 1.44. The largest absolute Gasteiger partial charge is 0.366 e. The minimum absolute atomic E-state index is 0.118. The second-order valence-electron chi connectivity index (χ2n) is 3.92. The molecule has 0 fully saturated rings. The van der Waals surface area contributed by atoms with Crippen molar-refractivity contribution in [1.82, 2.24) is 0 Å². The molecule has 0 saturated heterocycles. The Morgan fingerprint density at radius 2 is 1.87 bits per heavy atom. The van der Waals surface area contributed by atoms with E-state index in [2.05, 4.69) is 16.4 Å². The highest BCUT2D eigenvalue weighted by Gasteiger charge is 2.18. The number of carbonyl (C=O) groups is 2. The molecule has 0 amide bonds. The summed E-state index contributed by atoms with van der Waals surface area (Å²) in [6.45, 7) is 8.78. The van der Waals surface area contributed by atoms with E-state index in [9.17, 15) is 9.59 Å². The van der Waals surface area contributed by atoms with Crippen LogP contribution in [0, 0.1) is 5.41 Å². The van der Waals surface area contributed by atoms with Crippen molar-refractivity contribution in [3.05, 3.63) is 24.8 Å². The van der Waals surface area contributed by atoms with E-state index in [-0.39, 0.29) is 12.4 Å². The first-order valence-corrected chi connectivity index (χ1v) is 4.54. The second kappa shape index (κ2) is 6.14. The van der Waals surface area contributed by atoms with Crippen molar-refractivity contribution in [2.45, 2.75) is 20.8 Å². The van der Waals surface area contributed by atoms with Gasteiger partial charge in [-0.05, 0) is 6.08 Å². The highest BCUT2D eigenvalue weighted by molar-refractivity contribution is 5.98. The van der Waals surface area contributed by atoms with E-state index in [1.54, 1.807) is 20.8 Å². The molecule has 0 heterocycles. The molecule has 15 heavy (non-hydrogen) atoms. The SMILES string of the molecule is C=CCOOC(=O)C=CC(=O)C(C)(C)C. The average Bonchev–Trinajstić information content (AvgIpc) is 2.13. The standard InChI is InChI=1S/C11H16O4/c1-5-8-14-15-10(13)7-6-9(12)11(2,3)4/h5-7H,1,8H2,2-4H3. The van der Waals surface area contributed by atoms with E-state index in [0.29, 0.717) is 0 Å². The van der Waals surface area contributed by atoms with Crippen molar-refractivity contribution >= 4 is 11.8 Å². The van der Waals surface area contributed by atoms with E-state index in [4.69, 9.17) is 0 Å².